The normalized spacial score (nSPS) is 25.9. The molecule has 0 fully saturated rings. The number of aliphatic hydroxyl groups is 1. The van der Waals surface area contributed by atoms with Crippen LogP contribution >= 0.6 is 0 Å². The van der Waals surface area contributed by atoms with Gasteiger partial charge in [0, 0.05) is 17.7 Å². The first-order valence-corrected chi connectivity index (χ1v) is 5.01. The van der Waals surface area contributed by atoms with Crippen LogP contribution in [0.5, 0.6) is 0 Å². The molecule has 3 N–H and O–H groups in total. The van der Waals surface area contributed by atoms with E-state index in [0.29, 0.717) is 18.4 Å². The van der Waals surface area contributed by atoms with Gasteiger partial charge in [-0.15, -0.1) is 0 Å². The average molecular weight is 213 g/mol. The van der Waals surface area contributed by atoms with Crippen LogP contribution in [0.15, 0.2) is 12.1 Å². The van der Waals surface area contributed by atoms with E-state index in [1.807, 2.05) is 0 Å². The van der Waals surface area contributed by atoms with E-state index in [1.165, 1.54) is 6.07 Å². The monoisotopic (exact) mass is 213 g/mol. The molecule has 82 valence electrons. The Kier molecular flexibility index (Phi) is 2.71. The number of aliphatic hydroxyl groups excluding tert-OH is 1. The van der Waals surface area contributed by atoms with Crippen molar-refractivity contribution in [2.45, 2.75) is 31.4 Å². The topological polar surface area (TPSA) is 46.2 Å². The molecule has 2 nitrogen and oxygen atoms in total. The van der Waals surface area contributed by atoms with Gasteiger partial charge in [0.15, 0.2) is 0 Å². The number of aryl methyl sites for hydroxylation is 1. The fourth-order valence-corrected chi connectivity index (χ4v) is 2.08. The maximum atomic E-state index is 13.5. The summed E-state index contributed by atoms with van der Waals surface area (Å²) < 4.78 is 26.4. The van der Waals surface area contributed by atoms with E-state index in [2.05, 4.69) is 0 Å². The quantitative estimate of drug-likeness (QED) is 0.644. The second-order valence-corrected chi connectivity index (χ2v) is 3.96. The van der Waals surface area contributed by atoms with Crippen LogP contribution in [-0.2, 0) is 6.42 Å². The van der Waals surface area contributed by atoms with Crippen LogP contribution in [0.25, 0.3) is 0 Å². The van der Waals surface area contributed by atoms with E-state index in [4.69, 9.17) is 5.73 Å². The summed E-state index contributed by atoms with van der Waals surface area (Å²) in [5, 5.41) is 9.79. The molecule has 0 aromatic heterocycles. The van der Waals surface area contributed by atoms with Crippen LogP contribution in [0.4, 0.5) is 8.78 Å². The van der Waals surface area contributed by atoms with Crippen molar-refractivity contribution in [3.8, 4) is 0 Å². The summed E-state index contributed by atoms with van der Waals surface area (Å²) in [5.41, 5.74) is 6.39. The van der Waals surface area contributed by atoms with Crippen molar-refractivity contribution in [2.24, 2.45) is 5.73 Å². The third-order valence-electron chi connectivity index (χ3n) is 2.86. The molecule has 1 aliphatic carbocycles. The van der Waals surface area contributed by atoms with E-state index in [-0.39, 0.29) is 5.56 Å². The number of hydrogen-bond acceptors (Lipinski definition) is 2. The summed E-state index contributed by atoms with van der Waals surface area (Å²) in [5.74, 6) is -1.30. The molecule has 0 unspecified atom stereocenters. The van der Waals surface area contributed by atoms with Gasteiger partial charge in [0.25, 0.3) is 0 Å². The molecular weight excluding hydrogens is 200 g/mol. The van der Waals surface area contributed by atoms with E-state index in [0.717, 1.165) is 12.5 Å². The second-order valence-electron chi connectivity index (χ2n) is 3.96. The lowest BCUT2D eigenvalue weighted by Crippen LogP contribution is -2.28. The van der Waals surface area contributed by atoms with Crippen molar-refractivity contribution in [1.29, 1.82) is 0 Å². The van der Waals surface area contributed by atoms with Crippen LogP contribution in [0.3, 0.4) is 0 Å². The summed E-state index contributed by atoms with van der Waals surface area (Å²) in [6.07, 6.45) is 0.905. The average Bonchev–Trinajstić information content (AvgIpc) is 2.27. The Hall–Kier alpha value is -1.00. The number of fused-ring (bicyclic) bond motifs is 1. The van der Waals surface area contributed by atoms with Crippen LogP contribution in [0.1, 0.15) is 30.1 Å². The highest BCUT2D eigenvalue weighted by Gasteiger charge is 2.26. The number of rotatable bonds is 0. The highest BCUT2D eigenvalue weighted by atomic mass is 19.1. The summed E-state index contributed by atoms with van der Waals surface area (Å²) in [4.78, 5) is 0. The van der Waals surface area contributed by atoms with E-state index in [9.17, 15) is 13.9 Å². The Labute approximate surface area is 86.7 Å². The van der Waals surface area contributed by atoms with Crippen molar-refractivity contribution in [3.63, 3.8) is 0 Å². The van der Waals surface area contributed by atoms with Crippen molar-refractivity contribution >= 4 is 0 Å². The van der Waals surface area contributed by atoms with Gasteiger partial charge in [0.05, 0.1) is 6.10 Å². The smallest absolute Gasteiger partial charge is 0.132 e. The Morgan fingerprint density at radius 1 is 1.33 bits per heavy atom. The standard InChI is InChI=1S/C11H13F2NO/c12-7-4-6-2-1-3-9(14)11(15)10(6)8(13)5-7/h4-5,9,11,15H,1-3,14H2/t9-,11-/m1/s1. The lowest BCUT2D eigenvalue weighted by molar-refractivity contribution is 0.140. The lowest BCUT2D eigenvalue weighted by Gasteiger charge is -2.18. The third-order valence-corrected chi connectivity index (χ3v) is 2.86. The molecule has 0 saturated heterocycles. The summed E-state index contributed by atoms with van der Waals surface area (Å²) in [6.45, 7) is 0. The second kappa shape index (κ2) is 3.87. The van der Waals surface area contributed by atoms with Crippen molar-refractivity contribution in [1.82, 2.24) is 0 Å². The Bertz CT molecular complexity index is 381. The van der Waals surface area contributed by atoms with Gasteiger partial charge >= 0.3 is 0 Å². The first-order chi connectivity index (χ1) is 7.09. The predicted molar refractivity (Wildman–Crippen MR) is 52.2 cm³/mol. The highest BCUT2D eigenvalue weighted by Crippen LogP contribution is 2.30. The number of benzene rings is 1. The van der Waals surface area contributed by atoms with Gasteiger partial charge in [-0.2, -0.15) is 0 Å². The summed E-state index contributed by atoms with van der Waals surface area (Å²) in [6, 6.07) is 1.60. The maximum absolute atomic E-state index is 13.5. The van der Waals surface area contributed by atoms with Crippen LogP contribution in [-0.4, -0.2) is 11.1 Å². The third kappa shape index (κ3) is 1.87. The predicted octanol–water partition coefficient (Wildman–Crippen LogP) is 1.66. The van der Waals surface area contributed by atoms with Gasteiger partial charge in [0.1, 0.15) is 11.6 Å². The van der Waals surface area contributed by atoms with Crippen molar-refractivity contribution < 1.29 is 13.9 Å². The Morgan fingerprint density at radius 2 is 2.07 bits per heavy atom. The van der Waals surface area contributed by atoms with Crippen LogP contribution in [0.2, 0.25) is 0 Å². The zero-order chi connectivity index (χ0) is 11.0. The largest absolute Gasteiger partial charge is 0.387 e. The van der Waals surface area contributed by atoms with Crippen LogP contribution in [0, 0.1) is 11.6 Å². The summed E-state index contributed by atoms with van der Waals surface area (Å²) in [7, 11) is 0. The maximum Gasteiger partial charge on any atom is 0.132 e. The van der Waals surface area contributed by atoms with E-state index < -0.39 is 23.8 Å². The number of halogens is 2. The fraction of sp³-hybridized carbons (Fsp3) is 0.455. The van der Waals surface area contributed by atoms with E-state index >= 15 is 0 Å². The first kappa shape index (κ1) is 10.5. The molecule has 2 atom stereocenters. The van der Waals surface area contributed by atoms with Crippen molar-refractivity contribution in [2.75, 3.05) is 0 Å². The highest BCUT2D eigenvalue weighted by molar-refractivity contribution is 5.33. The SMILES string of the molecule is N[C@@H]1CCCc2cc(F)cc(F)c2[C@@H]1O. The zero-order valence-corrected chi connectivity index (χ0v) is 8.21. The molecule has 0 aliphatic heterocycles. The van der Waals surface area contributed by atoms with Gasteiger partial charge in [0.2, 0.25) is 0 Å². The molecule has 0 bridgehead atoms. The van der Waals surface area contributed by atoms with Crippen molar-refractivity contribution in [3.05, 3.63) is 34.9 Å². The molecule has 0 amide bonds. The molecule has 1 aliphatic rings. The fourth-order valence-electron chi connectivity index (χ4n) is 2.08. The molecular formula is C11H13F2NO. The molecule has 0 spiro atoms. The first-order valence-electron chi connectivity index (χ1n) is 5.01. The molecule has 2 rings (SSSR count). The van der Waals surface area contributed by atoms with Gasteiger partial charge in [-0.05, 0) is 30.9 Å². The molecule has 4 heteroatoms. The van der Waals surface area contributed by atoms with Gasteiger partial charge < -0.3 is 10.8 Å². The minimum Gasteiger partial charge on any atom is -0.387 e. The number of hydrogen-bond donors (Lipinski definition) is 2. The van der Waals surface area contributed by atoms with Gasteiger partial charge in [-0.25, -0.2) is 8.78 Å². The zero-order valence-electron chi connectivity index (χ0n) is 8.21. The summed E-state index contributed by atoms with van der Waals surface area (Å²) >= 11 is 0. The van der Waals surface area contributed by atoms with Gasteiger partial charge in [-0.3, -0.25) is 0 Å². The molecule has 0 radical (unpaired) electrons. The molecule has 15 heavy (non-hydrogen) atoms. The van der Waals surface area contributed by atoms with Crippen LogP contribution < -0.4 is 5.73 Å². The molecule has 0 heterocycles. The molecule has 0 saturated carbocycles. The minimum absolute atomic E-state index is 0.168. The molecule has 1 aromatic carbocycles. The Morgan fingerprint density at radius 3 is 2.80 bits per heavy atom. The van der Waals surface area contributed by atoms with Gasteiger partial charge in [-0.1, -0.05) is 0 Å². The Balaban J connectivity index is 2.53. The molecule has 1 aromatic rings. The number of nitrogens with two attached hydrogens (primary N) is 1. The minimum atomic E-state index is -1.02. The van der Waals surface area contributed by atoms with E-state index in [1.54, 1.807) is 0 Å². The lowest BCUT2D eigenvalue weighted by atomic mass is 9.98.